The van der Waals surface area contributed by atoms with Crippen molar-refractivity contribution in [1.82, 2.24) is 0 Å². The van der Waals surface area contributed by atoms with Crippen molar-refractivity contribution in [3.05, 3.63) is 29.8 Å². The molecule has 0 aromatic heterocycles. The van der Waals surface area contributed by atoms with Crippen molar-refractivity contribution < 1.29 is 22.7 Å². The summed E-state index contributed by atoms with van der Waals surface area (Å²) in [7, 11) is -3.44. The van der Waals surface area contributed by atoms with Crippen molar-refractivity contribution in [2.24, 2.45) is 0 Å². The molecule has 0 aliphatic heterocycles. The van der Waals surface area contributed by atoms with Gasteiger partial charge < -0.3 is 10.1 Å². The molecule has 6 nitrogen and oxygen atoms in total. The number of ether oxygens (including phenoxy) is 1. The van der Waals surface area contributed by atoms with E-state index in [2.05, 4.69) is 5.32 Å². The second-order valence-corrected chi connectivity index (χ2v) is 7.04. The zero-order valence-corrected chi connectivity index (χ0v) is 13.1. The molecule has 0 bridgehead atoms. The van der Waals surface area contributed by atoms with Crippen molar-refractivity contribution in [2.75, 3.05) is 18.2 Å². The third-order valence-electron chi connectivity index (χ3n) is 2.84. The van der Waals surface area contributed by atoms with Gasteiger partial charge in [0.25, 0.3) is 0 Å². The Bertz CT molecular complexity index is 607. The maximum atomic E-state index is 11.7. The molecule has 1 aromatic carbocycles. The van der Waals surface area contributed by atoms with Crippen LogP contribution in [0.2, 0.25) is 0 Å². The molecule has 0 fully saturated rings. The quantitative estimate of drug-likeness (QED) is 0.806. The summed E-state index contributed by atoms with van der Waals surface area (Å²) >= 11 is 0. The molecule has 1 aromatic rings. The maximum absolute atomic E-state index is 11.7. The smallest absolute Gasteiger partial charge is 0.338 e. The van der Waals surface area contributed by atoms with Gasteiger partial charge in [-0.2, -0.15) is 0 Å². The van der Waals surface area contributed by atoms with Gasteiger partial charge in [-0.1, -0.05) is 6.92 Å². The number of amides is 1. The summed E-state index contributed by atoms with van der Waals surface area (Å²) in [6.45, 7) is 3.57. The monoisotopic (exact) mass is 313 g/mol. The number of carbonyl (C=O) groups excluding carboxylic acids is 2. The van der Waals surface area contributed by atoms with E-state index in [0.717, 1.165) is 12.7 Å². The predicted octanol–water partition coefficient (Wildman–Crippen LogP) is 1.62. The Morgan fingerprint density at radius 3 is 2.29 bits per heavy atom. The number of carbonyl (C=O) groups is 2. The second kappa shape index (κ2) is 7.21. The van der Waals surface area contributed by atoms with Crippen molar-refractivity contribution >= 4 is 27.4 Å². The van der Waals surface area contributed by atoms with Crippen LogP contribution in [0.3, 0.4) is 0 Å². The Balaban J connectivity index is 2.71. The summed E-state index contributed by atoms with van der Waals surface area (Å²) in [6, 6.07) is 6.07. The van der Waals surface area contributed by atoms with Crippen LogP contribution in [0.5, 0.6) is 0 Å². The molecular formula is C14H19NO5S. The number of esters is 1. The number of rotatable bonds is 6. The van der Waals surface area contributed by atoms with Crippen LogP contribution in [0.15, 0.2) is 24.3 Å². The number of nitrogens with one attached hydrogen (secondary N) is 1. The Morgan fingerprint density at radius 1 is 1.24 bits per heavy atom. The highest BCUT2D eigenvalue weighted by Gasteiger charge is 2.23. The minimum absolute atomic E-state index is 0.350. The van der Waals surface area contributed by atoms with Gasteiger partial charge in [-0.15, -0.1) is 0 Å². The summed E-state index contributed by atoms with van der Waals surface area (Å²) in [4.78, 5) is 23.3. The Morgan fingerprint density at radius 2 is 1.81 bits per heavy atom. The summed E-state index contributed by atoms with van der Waals surface area (Å²) < 4.78 is 27.5. The predicted molar refractivity (Wildman–Crippen MR) is 80.0 cm³/mol. The summed E-state index contributed by atoms with van der Waals surface area (Å²) in [5.74, 6) is -1.04. The molecule has 0 saturated heterocycles. The molecule has 1 rings (SSSR count). The lowest BCUT2D eigenvalue weighted by atomic mass is 10.2. The second-order valence-electron chi connectivity index (χ2n) is 4.67. The topological polar surface area (TPSA) is 89.5 Å². The van der Waals surface area contributed by atoms with Crippen LogP contribution in [0, 0.1) is 0 Å². The molecule has 0 aliphatic rings. The fourth-order valence-electron chi connectivity index (χ4n) is 1.41. The lowest BCUT2D eigenvalue weighted by Crippen LogP contribution is -2.31. The molecule has 7 heteroatoms. The number of hydrogen-bond acceptors (Lipinski definition) is 5. The van der Waals surface area contributed by atoms with E-state index in [1.807, 2.05) is 6.92 Å². The fraction of sp³-hybridized carbons (Fsp3) is 0.429. The minimum atomic E-state index is -3.44. The first-order chi connectivity index (χ1) is 9.75. The number of sulfone groups is 1. The van der Waals surface area contributed by atoms with Crippen molar-refractivity contribution in [2.45, 2.75) is 25.5 Å². The summed E-state index contributed by atoms with van der Waals surface area (Å²) in [6.07, 6.45) is 1.74. The van der Waals surface area contributed by atoms with E-state index in [4.69, 9.17) is 4.74 Å². The molecular weight excluding hydrogens is 294 g/mol. The Labute approximate surface area is 124 Å². The number of hydrogen-bond donors (Lipinski definition) is 1. The van der Waals surface area contributed by atoms with E-state index in [-0.39, 0.29) is 0 Å². The van der Waals surface area contributed by atoms with Gasteiger partial charge in [-0.3, -0.25) is 4.79 Å². The van der Waals surface area contributed by atoms with E-state index in [1.54, 1.807) is 0 Å². The highest BCUT2D eigenvalue weighted by atomic mass is 32.2. The van der Waals surface area contributed by atoms with Crippen LogP contribution in [0.25, 0.3) is 0 Å². The lowest BCUT2D eigenvalue weighted by molar-refractivity contribution is -0.115. The van der Waals surface area contributed by atoms with Gasteiger partial charge in [-0.05, 0) is 37.6 Å². The molecule has 0 aliphatic carbocycles. The van der Waals surface area contributed by atoms with Crippen LogP contribution >= 0.6 is 0 Å². The average molecular weight is 313 g/mol. The van der Waals surface area contributed by atoms with Crippen LogP contribution in [0.1, 0.15) is 30.6 Å². The van der Waals surface area contributed by atoms with E-state index in [9.17, 15) is 18.0 Å². The molecule has 1 amide bonds. The number of anilines is 1. The molecule has 1 atom stereocenters. The SMILES string of the molecule is CCCOC(=O)c1ccc(NC(=O)C(C)S(C)(=O)=O)cc1. The summed E-state index contributed by atoms with van der Waals surface area (Å²) in [5.41, 5.74) is 0.792. The molecule has 1 unspecified atom stereocenters. The van der Waals surface area contributed by atoms with E-state index >= 15 is 0 Å². The third-order valence-corrected chi connectivity index (χ3v) is 4.34. The third kappa shape index (κ3) is 5.18. The van der Waals surface area contributed by atoms with Gasteiger partial charge in [-0.25, -0.2) is 13.2 Å². The van der Waals surface area contributed by atoms with Gasteiger partial charge in [0, 0.05) is 11.9 Å². The van der Waals surface area contributed by atoms with Crippen molar-refractivity contribution in [3.8, 4) is 0 Å². The first-order valence-electron chi connectivity index (χ1n) is 6.52. The van der Waals surface area contributed by atoms with Gasteiger partial charge in [0.1, 0.15) is 5.25 Å². The van der Waals surface area contributed by atoms with E-state index < -0.39 is 27.0 Å². The lowest BCUT2D eigenvalue weighted by Gasteiger charge is -2.10. The van der Waals surface area contributed by atoms with Crippen molar-refractivity contribution in [1.29, 1.82) is 0 Å². The molecule has 0 heterocycles. The largest absolute Gasteiger partial charge is 0.462 e. The molecule has 21 heavy (non-hydrogen) atoms. The van der Waals surface area contributed by atoms with Gasteiger partial charge in [0.2, 0.25) is 5.91 Å². The van der Waals surface area contributed by atoms with E-state index in [0.29, 0.717) is 17.9 Å². The zero-order valence-electron chi connectivity index (χ0n) is 12.3. The fourth-order valence-corrected chi connectivity index (χ4v) is 1.85. The highest BCUT2D eigenvalue weighted by Crippen LogP contribution is 2.12. The molecule has 0 saturated carbocycles. The molecule has 116 valence electrons. The maximum Gasteiger partial charge on any atom is 0.338 e. The standard InChI is InChI=1S/C14H19NO5S/c1-4-9-20-14(17)11-5-7-12(8-6-11)15-13(16)10(2)21(3,18)19/h5-8,10H,4,9H2,1-3H3,(H,15,16). The van der Waals surface area contributed by atoms with Crippen LogP contribution in [-0.4, -0.2) is 38.4 Å². The molecule has 0 spiro atoms. The Kier molecular flexibility index (Phi) is 5.90. The van der Waals surface area contributed by atoms with Crippen LogP contribution in [0.4, 0.5) is 5.69 Å². The average Bonchev–Trinajstić information content (AvgIpc) is 2.43. The summed E-state index contributed by atoms with van der Waals surface area (Å²) in [5, 5.41) is 1.35. The van der Waals surface area contributed by atoms with E-state index in [1.165, 1.54) is 31.2 Å². The minimum Gasteiger partial charge on any atom is -0.462 e. The zero-order chi connectivity index (χ0) is 16.0. The normalized spacial score (nSPS) is 12.5. The van der Waals surface area contributed by atoms with Gasteiger partial charge in [0.15, 0.2) is 9.84 Å². The molecule has 1 N–H and O–H groups in total. The first-order valence-corrected chi connectivity index (χ1v) is 8.48. The van der Waals surface area contributed by atoms with Gasteiger partial charge in [0.05, 0.1) is 12.2 Å². The highest BCUT2D eigenvalue weighted by molar-refractivity contribution is 7.92. The number of benzene rings is 1. The molecule has 0 radical (unpaired) electrons. The van der Waals surface area contributed by atoms with Crippen LogP contribution in [-0.2, 0) is 19.4 Å². The van der Waals surface area contributed by atoms with Gasteiger partial charge >= 0.3 is 5.97 Å². The first kappa shape index (κ1) is 17.2. The van der Waals surface area contributed by atoms with Crippen molar-refractivity contribution in [3.63, 3.8) is 0 Å². The van der Waals surface area contributed by atoms with Crippen LogP contribution < -0.4 is 5.32 Å². The Hall–Kier alpha value is -1.89.